The third kappa shape index (κ3) is 8.31. The minimum atomic E-state index is -0.689. The van der Waals surface area contributed by atoms with Crippen LogP contribution in [0.5, 0.6) is 11.5 Å². The van der Waals surface area contributed by atoms with Gasteiger partial charge >= 0.3 is 0 Å². The number of fused-ring (bicyclic) bond motifs is 2. The van der Waals surface area contributed by atoms with Gasteiger partial charge < -0.3 is 31.2 Å². The number of nitrogens with one attached hydrogen (secondary N) is 2. The topological polar surface area (TPSA) is 273 Å². The number of nitrogens with zero attached hydrogens (tertiary/aromatic N) is 9. The maximum absolute atomic E-state index is 13.8. The largest absolute Gasteiger partial charge is 0.497 e. The summed E-state index contributed by atoms with van der Waals surface area (Å²) >= 11 is 0. The Balaban J connectivity index is 1.27. The molecule has 5 aromatic heterocycles. The number of carbonyl (C=O) groups is 4. The molecule has 20 nitrogen and oxygen atoms in total. The second kappa shape index (κ2) is 17.1. The number of amides is 4. The molecule has 0 fully saturated rings. The van der Waals surface area contributed by atoms with Crippen LogP contribution in [0.4, 0.5) is 17.6 Å². The summed E-state index contributed by atoms with van der Waals surface area (Å²) in [5, 5.41) is 14.5. The van der Waals surface area contributed by atoms with Crippen molar-refractivity contribution in [2.24, 2.45) is 11.5 Å². The van der Waals surface area contributed by atoms with E-state index in [0.29, 0.717) is 69.4 Å². The van der Waals surface area contributed by atoms with Crippen LogP contribution in [0, 0.1) is 13.8 Å². The molecule has 20 heteroatoms. The number of aryl methyl sites for hydroxylation is 4. The molecule has 8 N–H and O–H groups in total. The van der Waals surface area contributed by atoms with E-state index in [2.05, 4.69) is 30.8 Å². The zero-order chi connectivity index (χ0) is 43.5. The summed E-state index contributed by atoms with van der Waals surface area (Å²) in [7, 11) is 1.57. The highest BCUT2D eigenvalue weighted by Gasteiger charge is 2.24. The molecule has 7 rings (SSSR count). The maximum atomic E-state index is 13.8. The van der Waals surface area contributed by atoms with Crippen molar-refractivity contribution in [2.75, 3.05) is 23.5 Å². The molecule has 0 aliphatic carbocycles. The third-order valence-corrected chi connectivity index (χ3v) is 9.84. The second-order valence-corrected chi connectivity index (χ2v) is 13.9. The van der Waals surface area contributed by atoms with Crippen LogP contribution < -0.4 is 37.3 Å². The van der Waals surface area contributed by atoms with Crippen LogP contribution in [0.25, 0.3) is 22.2 Å². The SMILES string of the molecule is CCn1nc(C)cc1C(=O)Nc1nc2cc(C(N)=O)cc(COc3ccc(OC)cc3)c2n1C/C=C/Cn1c(NC(=O)c2c(N)c(C)nn2CC)nc2cc(C(N)=O)cnc21. The first-order chi connectivity index (χ1) is 29.3. The molecule has 7 aromatic rings. The lowest BCUT2D eigenvalue weighted by molar-refractivity contribution is 0.0991. The predicted octanol–water partition coefficient (Wildman–Crippen LogP) is 3.96. The van der Waals surface area contributed by atoms with Gasteiger partial charge in [0.2, 0.25) is 23.7 Å². The number of primary amides is 2. The number of hydrogen-bond acceptors (Lipinski definition) is 12. The van der Waals surface area contributed by atoms with Crippen LogP contribution >= 0.6 is 0 Å². The van der Waals surface area contributed by atoms with Crippen molar-refractivity contribution < 1.29 is 28.7 Å². The fourth-order valence-corrected chi connectivity index (χ4v) is 6.85. The Kier molecular flexibility index (Phi) is 11.5. The average molecular weight is 829 g/mol. The Morgan fingerprint density at radius 2 is 1.39 bits per heavy atom. The number of methoxy groups -OCH3 is 1. The first-order valence-corrected chi connectivity index (χ1v) is 19.2. The van der Waals surface area contributed by atoms with E-state index in [1.54, 1.807) is 77.2 Å². The molecule has 0 unspecified atom stereocenters. The first-order valence-electron chi connectivity index (χ1n) is 19.2. The quantitative estimate of drug-likeness (QED) is 0.0867. The van der Waals surface area contributed by atoms with Gasteiger partial charge in [-0.1, -0.05) is 12.2 Å². The van der Waals surface area contributed by atoms with E-state index in [-0.39, 0.29) is 54.1 Å². The highest BCUT2D eigenvalue weighted by molar-refractivity contribution is 6.07. The molecule has 0 bridgehead atoms. The molecule has 5 heterocycles. The first kappa shape index (κ1) is 41.1. The Labute approximate surface area is 348 Å². The van der Waals surface area contributed by atoms with Crippen LogP contribution in [0.15, 0.2) is 66.9 Å². The third-order valence-electron chi connectivity index (χ3n) is 9.84. The Bertz CT molecular complexity index is 2870. The molecule has 0 aliphatic heterocycles. The molecule has 0 saturated heterocycles. The summed E-state index contributed by atoms with van der Waals surface area (Å²) < 4.78 is 18.0. The van der Waals surface area contributed by atoms with Crippen molar-refractivity contribution in [2.45, 2.75) is 60.5 Å². The predicted molar refractivity (Wildman–Crippen MR) is 226 cm³/mol. The van der Waals surface area contributed by atoms with Gasteiger partial charge in [0, 0.05) is 43.5 Å². The Morgan fingerprint density at radius 1 is 0.770 bits per heavy atom. The number of carbonyl (C=O) groups excluding carboxylic acids is 4. The zero-order valence-corrected chi connectivity index (χ0v) is 34.1. The maximum Gasteiger partial charge on any atom is 0.278 e. The van der Waals surface area contributed by atoms with E-state index < -0.39 is 23.6 Å². The van der Waals surface area contributed by atoms with Gasteiger partial charge in [-0.3, -0.25) is 43.7 Å². The molecule has 0 atom stereocenters. The molecular formula is C41H44N14O6. The van der Waals surface area contributed by atoms with E-state index in [1.807, 2.05) is 26.0 Å². The fourth-order valence-electron chi connectivity index (χ4n) is 6.85. The lowest BCUT2D eigenvalue weighted by atomic mass is 10.1. The number of nitrogen functional groups attached to an aromatic ring is 1. The molecule has 2 aromatic carbocycles. The summed E-state index contributed by atoms with van der Waals surface area (Å²) in [5.41, 5.74) is 22.0. The number of pyridine rings is 1. The zero-order valence-electron chi connectivity index (χ0n) is 34.1. The number of hydrogen-bond donors (Lipinski definition) is 5. The van der Waals surface area contributed by atoms with Crippen molar-refractivity contribution in [3.05, 3.63) is 106 Å². The molecule has 314 valence electrons. The van der Waals surface area contributed by atoms with E-state index >= 15 is 0 Å². The van der Waals surface area contributed by atoms with E-state index in [1.165, 1.54) is 16.9 Å². The number of imidazole rings is 2. The van der Waals surface area contributed by atoms with Gasteiger partial charge in [0.1, 0.15) is 35.0 Å². The van der Waals surface area contributed by atoms with Crippen LogP contribution in [-0.4, -0.2) is 74.4 Å². The van der Waals surface area contributed by atoms with Gasteiger partial charge in [0.05, 0.1) is 40.8 Å². The number of nitrogens with two attached hydrogens (primary N) is 3. The number of benzene rings is 2. The number of ether oxygens (including phenoxy) is 2. The molecule has 0 spiro atoms. The summed E-state index contributed by atoms with van der Waals surface area (Å²) in [6.07, 6.45) is 4.98. The Hall–Kier alpha value is -8.03. The smallest absolute Gasteiger partial charge is 0.278 e. The Morgan fingerprint density at radius 3 is 2.07 bits per heavy atom. The van der Waals surface area contributed by atoms with Crippen molar-refractivity contribution in [1.29, 1.82) is 0 Å². The summed E-state index contributed by atoms with van der Waals surface area (Å²) in [4.78, 5) is 65.8. The monoisotopic (exact) mass is 828 g/mol. The van der Waals surface area contributed by atoms with Crippen LogP contribution in [0.2, 0.25) is 0 Å². The van der Waals surface area contributed by atoms with Gasteiger partial charge in [-0.15, -0.1) is 0 Å². The van der Waals surface area contributed by atoms with Crippen molar-refractivity contribution in [3.63, 3.8) is 0 Å². The van der Waals surface area contributed by atoms with Gasteiger partial charge in [-0.2, -0.15) is 10.2 Å². The van der Waals surface area contributed by atoms with E-state index in [4.69, 9.17) is 31.7 Å². The van der Waals surface area contributed by atoms with Crippen molar-refractivity contribution in [1.82, 2.24) is 43.6 Å². The van der Waals surface area contributed by atoms with Gasteiger partial charge in [0.15, 0.2) is 5.65 Å². The number of anilines is 3. The minimum absolute atomic E-state index is 0.0125. The number of rotatable bonds is 16. The minimum Gasteiger partial charge on any atom is -0.497 e. The highest BCUT2D eigenvalue weighted by Crippen LogP contribution is 2.29. The molecule has 4 amide bonds. The summed E-state index contributed by atoms with van der Waals surface area (Å²) in [5.74, 6) is -0.833. The molecule has 61 heavy (non-hydrogen) atoms. The fraction of sp³-hybridized carbons (Fsp3) is 0.244. The molecule has 0 aliphatic rings. The van der Waals surface area contributed by atoms with Crippen molar-refractivity contribution in [3.8, 4) is 11.5 Å². The number of aromatic nitrogens is 9. The van der Waals surface area contributed by atoms with Crippen molar-refractivity contribution >= 4 is 63.4 Å². The lowest BCUT2D eigenvalue weighted by Gasteiger charge is -2.13. The van der Waals surface area contributed by atoms with E-state index in [0.717, 1.165) is 0 Å². The van der Waals surface area contributed by atoms with Gasteiger partial charge in [-0.25, -0.2) is 15.0 Å². The average Bonchev–Trinajstić information content (AvgIpc) is 3.98. The lowest BCUT2D eigenvalue weighted by Crippen LogP contribution is -2.21. The highest BCUT2D eigenvalue weighted by atomic mass is 16.5. The summed E-state index contributed by atoms with van der Waals surface area (Å²) in [6.45, 7) is 8.40. The standard InChI is InChI=1S/C41H44N14O6/c1-6-54-31(16-22(3)50-54)38(58)48-40-46-29-18-24(35(43)56)17-26(21-61-28-12-10-27(60-5)11-13-28)33(29)52(40)14-8-9-15-53-37-30(19-25(20-45-37)36(44)57)47-41(53)49-39(59)34-32(42)23(4)51-55(34)7-2/h8-13,16-20H,6-7,14-15,21,42H2,1-5H3,(H2,43,56)(H2,44,57)(H,46,48,58)(H,47,49,59)/b9-8+. The molecule has 0 saturated carbocycles. The van der Waals surface area contributed by atoms with Crippen LogP contribution in [0.1, 0.15) is 72.5 Å². The number of allylic oxidation sites excluding steroid dienone is 2. The normalized spacial score (nSPS) is 11.4. The van der Waals surface area contributed by atoms with Crippen LogP contribution in [0.3, 0.4) is 0 Å². The molecule has 0 radical (unpaired) electrons. The van der Waals surface area contributed by atoms with E-state index in [9.17, 15) is 19.2 Å². The summed E-state index contributed by atoms with van der Waals surface area (Å²) in [6, 6.07) is 13.4. The van der Waals surface area contributed by atoms with Gasteiger partial charge in [0.25, 0.3) is 11.8 Å². The van der Waals surface area contributed by atoms with Gasteiger partial charge in [-0.05, 0) is 76.2 Å². The molecular weight excluding hydrogens is 785 g/mol. The van der Waals surface area contributed by atoms with Crippen LogP contribution in [-0.2, 0) is 32.8 Å². The second-order valence-electron chi connectivity index (χ2n) is 13.9.